The predicted molar refractivity (Wildman–Crippen MR) is 74.7 cm³/mol. The summed E-state index contributed by atoms with van der Waals surface area (Å²) in [5.74, 6) is -0.191. The van der Waals surface area contributed by atoms with Crippen LogP contribution in [0.4, 0.5) is 13.2 Å². The van der Waals surface area contributed by atoms with E-state index >= 15 is 0 Å². The topological polar surface area (TPSA) is 45.2 Å². The zero-order valence-electron chi connectivity index (χ0n) is 11.7. The van der Waals surface area contributed by atoms with Gasteiger partial charge in [0.25, 0.3) is 5.91 Å². The van der Waals surface area contributed by atoms with Crippen molar-refractivity contribution in [3.63, 3.8) is 0 Å². The predicted octanol–water partition coefficient (Wildman–Crippen LogP) is 2.58. The lowest BCUT2D eigenvalue weighted by molar-refractivity contribution is -0.137. The fraction of sp³-hybridized carbons (Fsp3) is 0.571. The number of pyridine rings is 1. The number of alkyl halides is 3. The minimum Gasteiger partial charge on any atom is -0.346 e. The van der Waals surface area contributed by atoms with Gasteiger partial charge in [-0.2, -0.15) is 13.2 Å². The van der Waals surface area contributed by atoms with E-state index in [0.29, 0.717) is 12.0 Å². The van der Waals surface area contributed by atoms with E-state index in [2.05, 4.69) is 15.2 Å². The summed E-state index contributed by atoms with van der Waals surface area (Å²) in [6.45, 7) is 2.79. The maximum atomic E-state index is 12.8. The fourth-order valence-corrected chi connectivity index (χ4v) is 3.36. The lowest BCUT2D eigenvalue weighted by Gasteiger charge is -2.44. The normalized spacial score (nSPS) is 27.7. The number of amides is 1. The number of carbonyl (C=O) groups excluding carboxylic acids is 1. The van der Waals surface area contributed by atoms with Gasteiger partial charge < -0.3 is 10.2 Å². The van der Waals surface area contributed by atoms with Crippen molar-refractivity contribution in [2.45, 2.75) is 25.1 Å². The van der Waals surface area contributed by atoms with Crippen LogP contribution < -0.4 is 5.32 Å². The number of hydrogen-bond acceptors (Lipinski definition) is 3. The molecule has 4 rings (SSSR count). The first-order chi connectivity index (χ1) is 10.3. The van der Waals surface area contributed by atoms with Crippen molar-refractivity contribution in [2.75, 3.05) is 19.6 Å². The molecular formula is C14H15ClF3N3O. The van der Waals surface area contributed by atoms with Crippen LogP contribution in [0.25, 0.3) is 0 Å². The van der Waals surface area contributed by atoms with E-state index in [9.17, 15) is 18.0 Å². The molecule has 3 fully saturated rings. The second-order valence-corrected chi connectivity index (χ2v) is 6.17. The van der Waals surface area contributed by atoms with Crippen LogP contribution in [0.1, 0.15) is 28.9 Å². The monoisotopic (exact) mass is 333 g/mol. The molecule has 1 atom stereocenters. The summed E-state index contributed by atoms with van der Waals surface area (Å²) in [6.07, 6.45) is -1.72. The van der Waals surface area contributed by atoms with Crippen LogP contribution in [0.2, 0.25) is 5.02 Å². The molecule has 0 spiro atoms. The smallest absolute Gasteiger partial charge is 0.346 e. The van der Waals surface area contributed by atoms with E-state index in [-0.39, 0.29) is 11.7 Å². The van der Waals surface area contributed by atoms with Gasteiger partial charge in [0.2, 0.25) is 0 Å². The summed E-state index contributed by atoms with van der Waals surface area (Å²) in [6, 6.07) is 0.681. The number of aromatic nitrogens is 1. The first-order valence-electron chi connectivity index (χ1n) is 7.10. The molecule has 4 heterocycles. The third-order valence-electron chi connectivity index (χ3n) is 4.37. The largest absolute Gasteiger partial charge is 0.417 e. The third-order valence-corrected chi connectivity index (χ3v) is 4.67. The lowest BCUT2D eigenvalue weighted by Crippen LogP contribution is -2.57. The van der Waals surface area contributed by atoms with Crippen molar-refractivity contribution in [3.8, 4) is 0 Å². The molecular weight excluding hydrogens is 319 g/mol. The molecule has 0 aliphatic carbocycles. The number of carbonyl (C=O) groups is 1. The van der Waals surface area contributed by atoms with Crippen molar-refractivity contribution >= 4 is 17.5 Å². The zero-order valence-corrected chi connectivity index (χ0v) is 12.4. The Balaban J connectivity index is 1.75. The molecule has 1 aromatic rings. The Hall–Kier alpha value is -1.34. The van der Waals surface area contributed by atoms with Crippen LogP contribution in [-0.2, 0) is 6.18 Å². The summed E-state index contributed by atoms with van der Waals surface area (Å²) in [5.41, 5.74) is -1.29. The Bertz CT molecular complexity index is 585. The van der Waals surface area contributed by atoms with Gasteiger partial charge in [0.15, 0.2) is 0 Å². The van der Waals surface area contributed by atoms with Crippen LogP contribution in [-0.4, -0.2) is 41.5 Å². The summed E-state index contributed by atoms with van der Waals surface area (Å²) in [7, 11) is 0. The summed E-state index contributed by atoms with van der Waals surface area (Å²) in [5, 5.41) is 2.30. The van der Waals surface area contributed by atoms with Gasteiger partial charge in [0.05, 0.1) is 10.6 Å². The lowest BCUT2D eigenvalue weighted by atomic mass is 9.84. The van der Waals surface area contributed by atoms with Crippen molar-refractivity contribution in [1.29, 1.82) is 0 Å². The Labute approximate surface area is 130 Å². The molecule has 4 nitrogen and oxygen atoms in total. The van der Waals surface area contributed by atoms with Gasteiger partial charge in [-0.15, -0.1) is 0 Å². The minimum atomic E-state index is -4.61. The average molecular weight is 334 g/mol. The number of nitrogens with zero attached hydrogens (tertiary/aromatic N) is 2. The first-order valence-corrected chi connectivity index (χ1v) is 7.48. The molecule has 1 aromatic heterocycles. The van der Waals surface area contributed by atoms with Crippen LogP contribution in [0.3, 0.4) is 0 Å². The highest BCUT2D eigenvalue weighted by Crippen LogP contribution is 2.34. The van der Waals surface area contributed by atoms with Gasteiger partial charge >= 0.3 is 6.18 Å². The van der Waals surface area contributed by atoms with E-state index in [4.69, 9.17) is 11.6 Å². The standard InChI is InChI=1S/C14H15ClF3N3O/c15-10-6-19-11(5-9(10)14(16,17)18)13(22)20-12-7-21-3-1-8(12)2-4-21/h5-6,8,12H,1-4,7H2,(H,20,22). The highest BCUT2D eigenvalue weighted by Gasteiger charge is 2.37. The molecule has 0 aromatic carbocycles. The number of nitrogens with one attached hydrogen (secondary N) is 1. The Morgan fingerprint density at radius 2 is 2.05 bits per heavy atom. The van der Waals surface area contributed by atoms with Gasteiger partial charge in [0.1, 0.15) is 5.69 Å². The van der Waals surface area contributed by atoms with E-state index < -0.39 is 22.7 Å². The van der Waals surface area contributed by atoms with Gasteiger partial charge in [-0.3, -0.25) is 4.79 Å². The maximum absolute atomic E-state index is 12.8. The van der Waals surface area contributed by atoms with E-state index in [1.807, 2.05) is 0 Å². The van der Waals surface area contributed by atoms with E-state index in [1.54, 1.807) is 0 Å². The Morgan fingerprint density at radius 3 is 2.59 bits per heavy atom. The SMILES string of the molecule is O=C(NC1CN2CCC1CC2)c1cc(C(F)(F)F)c(Cl)cn1. The third kappa shape index (κ3) is 3.05. The quantitative estimate of drug-likeness (QED) is 0.905. The van der Waals surface area contributed by atoms with E-state index in [0.717, 1.165) is 38.7 Å². The molecule has 1 amide bonds. The number of piperidine rings is 3. The van der Waals surface area contributed by atoms with Crippen LogP contribution >= 0.6 is 11.6 Å². The molecule has 3 aliphatic rings. The molecule has 8 heteroatoms. The summed E-state index contributed by atoms with van der Waals surface area (Å²) >= 11 is 5.51. The van der Waals surface area contributed by atoms with E-state index in [1.165, 1.54) is 0 Å². The minimum absolute atomic E-state index is 0.0261. The van der Waals surface area contributed by atoms with Crippen LogP contribution in [0.5, 0.6) is 0 Å². The highest BCUT2D eigenvalue weighted by molar-refractivity contribution is 6.31. The molecule has 1 unspecified atom stereocenters. The molecule has 0 saturated carbocycles. The maximum Gasteiger partial charge on any atom is 0.417 e. The van der Waals surface area contributed by atoms with Crippen molar-refractivity contribution < 1.29 is 18.0 Å². The Morgan fingerprint density at radius 1 is 1.36 bits per heavy atom. The molecule has 0 radical (unpaired) electrons. The highest BCUT2D eigenvalue weighted by atomic mass is 35.5. The second kappa shape index (κ2) is 5.70. The van der Waals surface area contributed by atoms with Gasteiger partial charge in [-0.25, -0.2) is 4.98 Å². The second-order valence-electron chi connectivity index (χ2n) is 5.77. The molecule has 1 N–H and O–H groups in total. The van der Waals surface area contributed by atoms with Crippen molar-refractivity contribution in [1.82, 2.24) is 15.2 Å². The van der Waals surface area contributed by atoms with Crippen molar-refractivity contribution in [2.24, 2.45) is 5.92 Å². The summed E-state index contributed by atoms with van der Waals surface area (Å²) in [4.78, 5) is 18.2. The number of hydrogen-bond donors (Lipinski definition) is 1. The van der Waals surface area contributed by atoms with Gasteiger partial charge in [-0.05, 0) is 37.9 Å². The number of rotatable bonds is 2. The van der Waals surface area contributed by atoms with Gasteiger partial charge in [-0.1, -0.05) is 11.6 Å². The average Bonchev–Trinajstić information content (AvgIpc) is 2.47. The van der Waals surface area contributed by atoms with Gasteiger partial charge in [0, 0.05) is 18.8 Å². The van der Waals surface area contributed by atoms with Crippen LogP contribution in [0, 0.1) is 5.92 Å². The fourth-order valence-electron chi connectivity index (χ4n) is 3.15. The number of halogens is 4. The summed E-state index contributed by atoms with van der Waals surface area (Å²) < 4.78 is 38.5. The molecule has 2 bridgehead atoms. The van der Waals surface area contributed by atoms with Crippen LogP contribution in [0.15, 0.2) is 12.3 Å². The zero-order chi connectivity index (χ0) is 15.9. The molecule has 3 aliphatic heterocycles. The Kier molecular flexibility index (Phi) is 4.03. The molecule has 120 valence electrons. The molecule has 22 heavy (non-hydrogen) atoms. The first kappa shape index (κ1) is 15.6. The molecule has 3 saturated heterocycles. The number of fused-ring (bicyclic) bond motifs is 3. The van der Waals surface area contributed by atoms with Crippen molar-refractivity contribution in [3.05, 3.63) is 28.5 Å².